The lowest BCUT2D eigenvalue weighted by molar-refractivity contribution is 0.107. The SMILES string of the molecule is CC.O=C1NC2CC(F)CN(C2)c2nc(OCC34CCCN3CCC4)nc3c(F)c(ncc23)-c2c(c(Cl)cc3[nH]ncc23)C2CC2CCO1. The molecule has 1 aliphatic carbocycles. The molecule has 3 saturated heterocycles. The summed E-state index contributed by atoms with van der Waals surface area (Å²) in [4.78, 5) is 31.1. The summed E-state index contributed by atoms with van der Waals surface area (Å²) < 4.78 is 44.3. The fraction of sp³-hybridized carbons (Fsp3) is 0.571. The molecule has 6 aliphatic rings. The van der Waals surface area contributed by atoms with Gasteiger partial charge in [-0.3, -0.25) is 15.0 Å². The Labute approximate surface area is 288 Å². The number of nitrogens with one attached hydrogen (secondary N) is 2. The standard InChI is InChI=1S/C33H35ClF2N8O3.C2H6/c34-23-11-24-21(13-38-42-24)26-25(23)20-9-17(20)3-8-46-32(45)39-19-10-18(35)14-43(15-19)30-22-12-37-29(26)27(36)28(22)40-31(41-30)47-16-33-4-1-6-44(33)7-2-5-33;1-2/h11-13,17-20H,1-10,14-16H2,(H,38,42)(H,39,45);1-2H3. The van der Waals surface area contributed by atoms with E-state index in [1.807, 2.05) is 19.9 Å². The van der Waals surface area contributed by atoms with Crippen LogP contribution in [0.4, 0.5) is 19.4 Å². The first-order chi connectivity index (χ1) is 23.9. The van der Waals surface area contributed by atoms with Crippen molar-refractivity contribution in [2.45, 2.75) is 82.5 Å². The van der Waals surface area contributed by atoms with Crippen LogP contribution in [0.2, 0.25) is 5.02 Å². The largest absolute Gasteiger partial charge is 0.461 e. The topological polar surface area (TPSA) is 121 Å². The number of piperidine rings is 1. The minimum Gasteiger partial charge on any atom is -0.461 e. The minimum atomic E-state index is -1.26. The molecule has 1 saturated carbocycles. The summed E-state index contributed by atoms with van der Waals surface area (Å²) in [6.07, 6.45) is 7.16. The third-order valence-electron chi connectivity index (χ3n) is 10.9. The Kier molecular flexibility index (Phi) is 8.46. The van der Waals surface area contributed by atoms with Crippen molar-refractivity contribution >= 4 is 45.3 Å². The number of ether oxygens (including phenoxy) is 2. The maximum absolute atomic E-state index is 17.1. The number of halogens is 3. The maximum Gasteiger partial charge on any atom is 0.407 e. The van der Waals surface area contributed by atoms with Crippen molar-refractivity contribution < 1.29 is 23.0 Å². The Morgan fingerprint density at radius 1 is 1.12 bits per heavy atom. The van der Waals surface area contributed by atoms with Crippen molar-refractivity contribution in [1.29, 1.82) is 0 Å². The molecule has 6 bridgehead atoms. The Morgan fingerprint density at radius 3 is 2.76 bits per heavy atom. The van der Waals surface area contributed by atoms with Gasteiger partial charge in [0.1, 0.15) is 29.8 Å². The van der Waals surface area contributed by atoms with Crippen molar-refractivity contribution in [2.75, 3.05) is 44.3 Å². The third-order valence-corrected chi connectivity index (χ3v) is 11.2. The summed E-state index contributed by atoms with van der Waals surface area (Å²) in [5.74, 6) is -0.119. The van der Waals surface area contributed by atoms with E-state index in [1.54, 1.807) is 17.3 Å². The number of hydrogen-bond donors (Lipinski definition) is 2. The second-order valence-corrected chi connectivity index (χ2v) is 14.2. The molecular weight excluding hydrogens is 654 g/mol. The van der Waals surface area contributed by atoms with E-state index in [9.17, 15) is 4.79 Å². The van der Waals surface area contributed by atoms with Crippen LogP contribution in [0, 0.1) is 11.7 Å². The first-order valence-corrected chi connectivity index (χ1v) is 18.0. The van der Waals surface area contributed by atoms with Gasteiger partial charge in [-0.1, -0.05) is 25.4 Å². The van der Waals surface area contributed by atoms with Gasteiger partial charge in [-0.2, -0.15) is 15.1 Å². The molecule has 1 aromatic carbocycles. The van der Waals surface area contributed by atoms with Crippen LogP contribution in [0.3, 0.4) is 0 Å². The Hall–Kier alpha value is -3.84. The number of pyridine rings is 1. The van der Waals surface area contributed by atoms with Gasteiger partial charge in [-0.25, -0.2) is 13.6 Å². The van der Waals surface area contributed by atoms with Gasteiger partial charge in [0.15, 0.2) is 5.82 Å². The summed E-state index contributed by atoms with van der Waals surface area (Å²) in [6.45, 7) is 6.92. The number of carbonyl (C=O) groups excluding carboxylic acids is 1. The number of nitrogens with zero attached hydrogens (tertiary/aromatic N) is 6. The quantitative estimate of drug-likeness (QED) is 0.246. The number of aromatic nitrogens is 5. The zero-order valence-corrected chi connectivity index (χ0v) is 28.5. The van der Waals surface area contributed by atoms with E-state index in [4.69, 9.17) is 31.0 Å². The van der Waals surface area contributed by atoms with Crippen molar-refractivity contribution in [2.24, 2.45) is 5.92 Å². The first-order valence-electron chi connectivity index (χ1n) is 17.6. The Balaban J connectivity index is 0.00000171. The molecule has 11 nitrogen and oxygen atoms in total. The number of benzene rings is 1. The number of rotatable bonds is 3. The minimum absolute atomic E-state index is 0.0112. The van der Waals surface area contributed by atoms with E-state index >= 15 is 8.78 Å². The summed E-state index contributed by atoms with van der Waals surface area (Å²) in [6, 6.07) is 1.30. The number of alkyl carbamates (subject to hydrolysis) is 1. The number of aromatic amines is 1. The van der Waals surface area contributed by atoms with Gasteiger partial charge in [-0.05, 0) is 75.1 Å². The van der Waals surface area contributed by atoms with E-state index < -0.39 is 24.1 Å². The lowest BCUT2D eigenvalue weighted by atomic mass is 9.94. The van der Waals surface area contributed by atoms with Crippen LogP contribution < -0.4 is 15.0 Å². The summed E-state index contributed by atoms with van der Waals surface area (Å²) in [5.41, 5.74) is 2.07. The second-order valence-electron chi connectivity index (χ2n) is 13.8. The zero-order chi connectivity index (χ0) is 33.9. The summed E-state index contributed by atoms with van der Waals surface area (Å²) in [7, 11) is 0. The smallest absolute Gasteiger partial charge is 0.407 e. The highest BCUT2D eigenvalue weighted by atomic mass is 35.5. The van der Waals surface area contributed by atoms with Gasteiger partial charge >= 0.3 is 12.1 Å². The molecule has 14 heteroatoms. The van der Waals surface area contributed by atoms with Gasteiger partial charge in [0.25, 0.3) is 0 Å². The predicted octanol–water partition coefficient (Wildman–Crippen LogP) is 6.54. The fourth-order valence-electron chi connectivity index (χ4n) is 8.60. The van der Waals surface area contributed by atoms with E-state index in [-0.39, 0.29) is 60.7 Å². The Bertz CT molecular complexity index is 1900. The molecule has 5 aliphatic heterocycles. The molecule has 10 rings (SSSR count). The molecule has 4 unspecified atom stereocenters. The summed E-state index contributed by atoms with van der Waals surface area (Å²) >= 11 is 6.91. The Morgan fingerprint density at radius 2 is 1.94 bits per heavy atom. The van der Waals surface area contributed by atoms with Crippen molar-refractivity contribution in [1.82, 2.24) is 35.4 Å². The van der Waals surface area contributed by atoms with Crippen molar-refractivity contribution in [3.05, 3.63) is 34.9 Å². The molecule has 2 N–H and O–H groups in total. The number of carbonyl (C=O) groups is 1. The number of hydrogen-bond acceptors (Lipinski definition) is 9. The van der Waals surface area contributed by atoms with E-state index in [0.717, 1.165) is 50.8 Å². The first kappa shape index (κ1) is 32.4. The van der Waals surface area contributed by atoms with Gasteiger partial charge in [-0.15, -0.1) is 0 Å². The van der Waals surface area contributed by atoms with Crippen LogP contribution in [0.1, 0.15) is 70.3 Å². The van der Waals surface area contributed by atoms with Crippen LogP contribution in [0.15, 0.2) is 18.5 Å². The molecule has 4 fully saturated rings. The van der Waals surface area contributed by atoms with E-state index in [1.165, 1.54) is 0 Å². The molecule has 4 atom stereocenters. The number of alkyl halides is 1. The van der Waals surface area contributed by atoms with Gasteiger partial charge < -0.3 is 19.7 Å². The van der Waals surface area contributed by atoms with Gasteiger partial charge in [0.05, 0.1) is 41.8 Å². The molecule has 1 amide bonds. The monoisotopic (exact) mass is 694 g/mol. The predicted molar refractivity (Wildman–Crippen MR) is 182 cm³/mol. The average Bonchev–Trinajstić information content (AvgIpc) is 3.37. The van der Waals surface area contributed by atoms with Gasteiger partial charge in [0, 0.05) is 35.1 Å². The van der Waals surface area contributed by atoms with E-state index in [2.05, 4.69) is 25.4 Å². The second kappa shape index (κ2) is 12.8. The van der Waals surface area contributed by atoms with Gasteiger partial charge in [0.2, 0.25) is 0 Å². The lowest BCUT2D eigenvalue weighted by Gasteiger charge is -2.36. The third kappa shape index (κ3) is 5.72. The number of anilines is 1. The van der Waals surface area contributed by atoms with Crippen LogP contribution >= 0.6 is 11.6 Å². The molecule has 3 aromatic heterocycles. The van der Waals surface area contributed by atoms with Crippen LogP contribution in [-0.4, -0.2) is 93.3 Å². The highest BCUT2D eigenvalue weighted by Crippen LogP contribution is 2.56. The molecule has 4 aromatic rings. The molecule has 49 heavy (non-hydrogen) atoms. The molecule has 260 valence electrons. The molecule has 8 heterocycles. The van der Waals surface area contributed by atoms with Crippen molar-refractivity contribution in [3.63, 3.8) is 0 Å². The highest BCUT2D eigenvalue weighted by Gasteiger charge is 2.45. The average molecular weight is 695 g/mol. The number of H-pyrrole nitrogens is 1. The van der Waals surface area contributed by atoms with E-state index in [0.29, 0.717) is 45.7 Å². The molecule has 0 spiro atoms. The fourth-order valence-corrected chi connectivity index (χ4v) is 8.94. The van der Waals surface area contributed by atoms with Crippen molar-refractivity contribution in [3.8, 4) is 17.3 Å². The molecular formula is C35H41ClF2N8O3. The molecule has 0 radical (unpaired) electrons. The number of fused-ring (bicyclic) bond motifs is 7. The highest BCUT2D eigenvalue weighted by molar-refractivity contribution is 6.33. The normalized spacial score (nSPS) is 26.0. The van der Waals surface area contributed by atoms with Crippen LogP contribution in [0.25, 0.3) is 33.1 Å². The van der Waals surface area contributed by atoms with Crippen LogP contribution in [0.5, 0.6) is 6.01 Å². The van der Waals surface area contributed by atoms with Crippen LogP contribution in [-0.2, 0) is 4.74 Å². The zero-order valence-electron chi connectivity index (χ0n) is 27.8. The lowest BCUT2D eigenvalue weighted by Crippen LogP contribution is -2.52. The number of amides is 1. The maximum atomic E-state index is 17.1. The summed E-state index contributed by atoms with van der Waals surface area (Å²) in [5, 5.41) is 11.5.